The summed E-state index contributed by atoms with van der Waals surface area (Å²) in [7, 11) is 1.78. The molecule has 1 fully saturated rings. The monoisotopic (exact) mass is 484 g/mol. The minimum absolute atomic E-state index is 0.0559. The topological polar surface area (TPSA) is 40.6 Å². The van der Waals surface area contributed by atoms with E-state index in [-0.39, 0.29) is 17.2 Å². The van der Waals surface area contributed by atoms with Crippen LogP contribution in [0.3, 0.4) is 0 Å². The third-order valence-electron chi connectivity index (χ3n) is 5.36. The zero-order chi connectivity index (χ0) is 22.7. The molecule has 1 aliphatic heterocycles. The molecule has 1 saturated heterocycles. The van der Waals surface area contributed by atoms with Crippen LogP contribution in [0.15, 0.2) is 72.8 Å². The molecule has 3 aromatic rings. The fourth-order valence-electron chi connectivity index (χ4n) is 3.63. The minimum atomic E-state index is -0.0749. The lowest BCUT2D eigenvalue weighted by Gasteiger charge is -2.25. The first-order valence-electron chi connectivity index (χ1n) is 10.2. The van der Waals surface area contributed by atoms with E-state index in [0.29, 0.717) is 34.5 Å². The average molecular weight is 485 g/mol. The summed E-state index contributed by atoms with van der Waals surface area (Å²) in [6, 6.07) is 22.6. The number of nitrogens with zero attached hydrogens (tertiary/aromatic N) is 2. The van der Waals surface area contributed by atoms with E-state index in [9.17, 15) is 9.59 Å². The summed E-state index contributed by atoms with van der Waals surface area (Å²) < 4.78 is 0. The first kappa shape index (κ1) is 22.7. The molecule has 0 unspecified atom stereocenters. The molecule has 0 aromatic heterocycles. The number of hydrogen-bond acceptors (Lipinski definition) is 3. The molecule has 3 aromatic carbocycles. The lowest BCUT2D eigenvalue weighted by Crippen LogP contribution is -2.28. The van der Waals surface area contributed by atoms with E-state index in [4.69, 9.17) is 23.2 Å². The summed E-state index contributed by atoms with van der Waals surface area (Å²) >= 11 is 13.5. The zero-order valence-corrected chi connectivity index (χ0v) is 19.8. The number of carbonyl (C=O) groups is 2. The van der Waals surface area contributed by atoms with Crippen LogP contribution in [0.2, 0.25) is 10.0 Å². The van der Waals surface area contributed by atoms with E-state index in [1.807, 2.05) is 77.7 Å². The van der Waals surface area contributed by atoms with Gasteiger partial charge in [0.2, 0.25) is 5.91 Å². The van der Waals surface area contributed by atoms with Crippen LogP contribution in [-0.4, -0.2) is 34.4 Å². The second kappa shape index (κ2) is 9.99. The van der Waals surface area contributed by atoms with Crippen molar-refractivity contribution in [1.29, 1.82) is 0 Å². The molecule has 0 N–H and O–H groups in total. The van der Waals surface area contributed by atoms with E-state index >= 15 is 0 Å². The van der Waals surface area contributed by atoms with Crippen molar-refractivity contribution in [3.63, 3.8) is 0 Å². The zero-order valence-electron chi connectivity index (χ0n) is 17.5. The summed E-state index contributed by atoms with van der Waals surface area (Å²) in [4.78, 5) is 28.9. The Morgan fingerprint density at radius 1 is 0.938 bits per heavy atom. The van der Waals surface area contributed by atoms with E-state index in [1.54, 1.807) is 23.7 Å². The van der Waals surface area contributed by atoms with Gasteiger partial charge in [0.1, 0.15) is 5.37 Å². The molecule has 2 amide bonds. The van der Waals surface area contributed by atoms with Crippen molar-refractivity contribution in [1.82, 2.24) is 9.80 Å². The fourth-order valence-corrected chi connectivity index (χ4v) is 5.07. The van der Waals surface area contributed by atoms with Crippen LogP contribution in [0.25, 0.3) is 0 Å². The largest absolute Gasteiger partial charge is 0.337 e. The fraction of sp³-hybridized carbons (Fsp3) is 0.200. The van der Waals surface area contributed by atoms with Gasteiger partial charge < -0.3 is 9.80 Å². The number of halogens is 2. The molecule has 32 heavy (non-hydrogen) atoms. The average Bonchev–Trinajstić information content (AvgIpc) is 3.16. The van der Waals surface area contributed by atoms with E-state index in [1.165, 1.54) is 0 Å². The van der Waals surface area contributed by atoms with Crippen molar-refractivity contribution in [2.75, 3.05) is 12.8 Å². The molecule has 0 spiro atoms. The van der Waals surface area contributed by atoms with Crippen molar-refractivity contribution in [2.45, 2.75) is 18.5 Å². The molecule has 0 aliphatic carbocycles. The minimum Gasteiger partial charge on any atom is -0.337 e. The second-order valence-corrected chi connectivity index (χ2v) is 9.66. The second-order valence-electron chi connectivity index (χ2n) is 7.72. The van der Waals surface area contributed by atoms with Gasteiger partial charge in [-0.1, -0.05) is 59.6 Å². The Kier molecular flexibility index (Phi) is 7.09. The van der Waals surface area contributed by atoms with Crippen molar-refractivity contribution in [3.05, 3.63) is 105 Å². The van der Waals surface area contributed by atoms with Gasteiger partial charge in [-0.15, -0.1) is 11.8 Å². The summed E-state index contributed by atoms with van der Waals surface area (Å²) in [6.07, 6.45) is 0. The normalized spacial score (nSPS) is 15.8. The van der Waals surface area contributed by atoms with Gasteiger partial charge in [-0.05, 0) is 53.1 Å². The molecule has 1 aliphatic rings. The molecule has 1 heterocycles. The number of rotatable bonds is 6. The number of thioether (sulfide) groups is 1. The highest BCUT2D eigenvalue weighted by Crippen LogP contribution is 2.39. The SMILES string of the molecule is CN(Cc1ccc(Cl)cc1)C(=O)c1ccc([C@@H]2SCC(=O)N2Cc2ccc(Cl)cc2)cc1. The van der Waals surface area contributed by atoms with Crippen LogP contribution < -0.4 is 0 Å². The molecular weight excluding hydrogens is 463 g/mol. The standard InChI is InChI=1S/C25H22Cl2N2O2S/c1-28(14-17-2-10-21(26)11-3-17)24(31)19-6-8-20(9-7-19)25-29(23(30)16-32-25)15-18-4-12-22(27)13-5-18/h2-13,25H,14-16H2,1H3/t25-/m0/s1. The molecule has 4 rings (SSSR count). The van der Waals surface area contributed by atoms with Crippen LogP contribution in [0.4, 0.5) is 0 Å². The summed E-state index contributed by atoms with van der Waals surface area (Å²) in [5.41, 5.74) is 3.67. The van der Waals surface area contributed by atoms with Gasteiger partial charge in [0, 0.05) is 35.7 Å². The van der Waals surface area contributed by atoms with Crippen molar-refractivity contribution in [3.8, 4) is 0 Å². The quantitative estimate of drug-likeness (QED) is 0.428. The molecule has 0 saturated carbocycles. The molecule has 0 bridgehead atoms. The first-order chi connectivity index (χ1) is 15.4. The first-order valence-corrected chi connectivity index (χ1v) is 12.0. The van der Waals surface area contributed by atoms with Crippen LogP contribution >= 0.6 is 35.0 Å². The molecule has 1 atom stereocenters. The molecule has 0 radical (unpaired) electrons. The predicted octanol–water partition coefficient (Wildman–Crippen LogP) is 6.04. The maximum Gasteiger partial charge on any atom is 0.253 e. The molecule has 4 nitrogen and oxygen atoms in total. The molecular formula is C25H22Cl2N2O2S. The van der Waals surface area contributed by atoms with Crippen LogP contribution in [0.5, 0.6) is 0 Å². The Morgan fingerprint density at radius 3 is 2.09 bits per heavy atom. The van der Waals surface area contributed by atoms with E-state index < -0.39 is 0 Å². The molecule has 7 heteroatoms. The van der Waals surface area contributed by atoms with Gasteiger partial charge >= 0.3 is 0 Å². The van der Waals surface area contributed by atoms with Crippen molar-refractivity contribution < 1.29 is 9.59 Å². The Morgan fingerprint density at radius 2 is 1.50 bits per heavy atom. The van der Waals surface area contributed by atoms with Gasteiger partial charge in [0.05, 0.1) is 5.75 Å². The van der Waals surface area contributed by atoms with Crippen LogP contribution in [-0.2, 0) is 17.9 Å². The number of benzene rings is 3. The number of hydrogen-bond donors (Lipinski definition) is 0. The van der Waals surface area contributed by atoms with Crippen LogP contribution in [0.1, 0.15) is 32.4 Å². The lowest BCUT2D eigenvalue weighted by molar-refractivity contribution is -0.128. The Balaban J connectivity index is 1.44. The van der Waals surface area contributed by atoms with Gasteiger partial charge in [0.25, 0.3) is 5.91 Å². The Bertz CT molecular complexity index is 1100. The van der Waals surface area contributed by atoms with Gasteiger partial charge in [-0.25, -0.2) is 0 Å². The third-order valence-corrected chi connectivity index (χ3v) is 7.12. The smallest absolute Gasteiger partial charge is 0.253 e. The highest BCUT2D eigenvalue weighted by molar-refractivity contribution is 8.00. The van der Waals surface area contributed by atoms with E-state index in [0.717, 1.165) is 16.7 Å². The third kappa shape index (κ3) is 5.29. The summed E-state index contributed by atoms with van der Waals surface area (Å²) in [5, 5.41) is 1.27. The van der Waals surface area contributed by atoms with Crippen molar-refractivity contribution in [2.24, 2.45) is 0 Å². The Hall–Kier alpha value is -2.47. The van der Waals surface area contributed by atoms with E-state index in [2.05, 4.69) is 0 Å². The predicted molar refractivity (Wildman–Crippen MR) is 131 cm³/mol. The lowest BCUT2D eigenvalue weighted by atomic mass is 10.1. The Labute approximate surface area is 202 Å². The van der Waals surface area contributed by atoms with Crippen molar-refractivity contribution >= 4 is 46.8 Å². The maximum atomic E-state index is 12.9. The van der Waals surface area contributed by atoms with Gasteiger partial charge in [-0.3, -0.25) is 9.59 Å². The highest BCUT2D eigenvalue weighted by atomic mass is 35.5. The van der Waals surface area contributed by atoms with Crippen LogP contribution in [0, 0.1) is 0 Å². The van der Waals surface area contributed by atoms with Gasteiger partial charge in [0.15, 0.2) is 0 Å². The number of carbonyl (C=O) groups excluding carboxylic acids is 2. The van der Waals surface area contributed by atoms with Gasteiger partial charge in [-0.2, -0.15) is 0 Å². The highest BCUT2D eigenvalue weighted by Gasteiger charge is 2.32. The maximum absolute atomic E-state index is 12.9. The number of amides is 2. The summed E-state index contributed by atoms with van der Waals surface area (Å²) in [5.74, 6) is 0.500. The summed E-state index contributed by atoms with van der Waals surface area (Å²) in [6.45, 7) is 1.03. The molecule has 164 valence electrons.